The minimum atomic E-state index is -0.621. The molecule has 1 aromatic rings. The molecular weight excluding hydrogens is 374 g/mol. The van der Waals surface area contributed by atoms with E-state index in [-0.39, 0.29) is 17.9 Å². The molecule has 4 unspecified atom stereocenters. The van der Waals surface area contributed by atoms with Gasteiger partial charge in [-0.15, -0.1) is 0 Å². The van der Waals surface area contributed by atoms with Crippen LogP contribution in [0.15, 0.2) is 12.1 Å². The maximum atomic E-state index is 13.0. The van der Waals surface area contributed by atoms with Gasteiger partial charge in [0.05, 0.1) is 40.5 Å². The summed E-state index contributed by atoms with van der Waals surface area (Å²) in [5, 5.41) is 3.63. The van der Waals surface area contributed by atoms with E-state index < -0.39 is 11.2 Å². The third-order valence-electron chi connectivity index (χ3n) is 7.61. The molecule has 2 bridgehead atoms. The largest absolute Gasteiger partial charge is 0.493 e. The van der Waals surface area contributed by atoms with Gasteiger partial charge in [-0.25, -0.2) is 0 Å². The number of fused-ring (bicyclic) bond motifs is 2. The highest BCUT2D eigenvalue weighted by Crippen LogP contribution is 2.62. The third kappa shape index (κ3) is 2.64. The third-order valence-corrected chi connectivity index (χ3v) is 7.61. The molecule has 7 nitrogen and oxygen atoms in total. The van der Waals surface area contributed by atoms with E-state index in [0.717, 1.165) is 24.8 Å². The molecule has 3 aliphatic heterocycles. The maximum absolute atomic E-state index is 13.0. The van der Waals surface area contributed by atoms with E-state index in [0.29, 0.717) is 43.6 Å². The first-order chi connectivity index (χ1) is 14.1. The summed E-state index contributed by atoms with van der Waals surface area (Å²) in [4.78, 5) is 13.0. The predicted molar refractivity (Wildman–Crippen MR) is 104 cm³/mol. The minimum Gasteiger partial charge on any atom is -0.493 e. The van der Waals surface area contributed by atoms with Gasteiger partial charge in [0, 0.05) is 30.8 Å². The molecule has 5 aliphatic rings. The quantitative estimate of drug-likeness (QED) is 0.777. The molecule has 0 amide bonds. The Hall–Kier alpha value is -1.83. The molecule has 1 saturated carbocycles. The van der Waals surface area contributed by atoms with Crippen molar-refractivity contribution in [3.8, 4) is 11.5 Å². The summed E-state index contributed by atoms with van der Waals surface area (Å²) in [5.41, 5.74) is 1.90. The van der Waals surface area contributed by atoms with Gasteiger partial charge in [-0.2, -0.15) is 0 Å². The van der Waals surface area contributed by atoms with E-state index in [2.05, 4.69) is 17.4 Å². The highest BCUT2D eigenvalue weighted by Gasteiger charge is 2.63. The Labute approximate surface area is 171 Å². The van der Waals surface area contributed by atoms with Crippen molar-refractivity contribution in [3.63, 3.8) is 0 Å². The van der Waals surface area contributed by atoms with Gasteiger partial charge >= 0.3 is 5.97 Å². The summed E-state index contributed by atoms with van der Waals surface area (Å²) in [5.74, 6) is 0.624. The Balaban J connectivity index is 1.74. The van der Waals surface area contributed by atoms with Crippen molar-refractivity contribution < 1.29 is 28.5 Å². The van der Waals surface area contributed by atoms with Crippen LogP contribution in [0.5, 0.6) is 11.5 Å². The normalized spacial score (nSPS) is 34.2. The summed E-state index contributed by atoms with van der Waals surface area (Å²) >= 11 is 0. The molecule has 6 rings (SSSR count). The Morgan fingerprint density at radius 1 is 1.14 bits per heavy atom. The van der Waals surface area contributed by atoms with Crippen molar-refractivity contribution >= 4 is 5.97 Å². The first-order valence-electron chi connectivity index (χ1n) is 10.4. The van der Waals surface area contributed by atoms with E-state index in [1.807, 2.05) is 0 Å². The summed E-state index contributed by atoms with van der Waals surface area (Å²) in [6.07, 6.45) is 3.45. The van der Waals surface area contributed by atoms with E-state index in [4.69, 9.17) is 23.7 Å². The van der Waals surface area contributed by atoms with Gasteiger partial charge in [0.2, 0.25) is 0 Å². The molecule has 0 radical (unpaired) electrons. The molecule has 2 spiro atoms. The standard InChI is InChI=1S/C22H29NO6/c1-25-18-9-14-15(10-19(18)26-2)22-12-21(28-6-7-29-21)5-4-13(22)8-17(14)23-11-16(22)20(24)27-3/h9-10,13,16-17,23H,4-8,11-12H2,1-3H3. The zero-order valence-corrected chi connectivity index (χ0v) is 17.3. The molecule has 1 aromatic carbocycles. The molecule has 0 aromatic heterocycles. The zero-order valence-electron chi connectivity index (χ0n) is 17.3. The molecule has 3 fully saturated rings. The molecule has 4 atom stereocenters. The lowest BCUT2D eigenvalue weighted by molar-refractivity contribution is -0.209. The van der Waals surface area contributed by atoms with Crippen LogP contribution in [0.4, 0.5) is 0 Å². The number of nitrogens with one attached hydrogen (secondary N) is 1. The van der Waals surface area contributed by atoms with Crippen LogP contribution in [-0.2, 0) is 24.4 Å². The molecule has 7 heteroatoms. The monoisotopic (exact) mass is 403 g/mol. The van der Waals surface area contributed by atoms with Crippen LogP contribution >= 0.6 is 0 Å². The number of carbonyl (C=O) groups is 1. The molecule has 2 saturated heterocycles. The van der Waals surface area contributed by atoms with Crippen molar-refractivity contribution in [1.82, 2.24) is 5.32 Å². The van der Waals surface area contributed by atoms with Gasteiger partial charge in [0.15, 0.2) is 17.3 Å². The van der Waals surface area contributed by atoms with E-state index >= 15 is 0 Å². The van der Waals surface area contributed by atoms with Crippen LogP contribution < -0.4 is 14.8 Å². The van der Waals surface area contributed by atoms with Crippen molar-refractivity contribution in [1.29, 1.82) is 0 Å². The number of esters is 1. The van der Waals surface area contributed by atoms with Gasteiger partial charge in [-0.05, 0) is 42.0 Å². The Morgan fingerprint density at radius 3 is 2.55 bits per heavy atom. The van der Waals surface area contributed by atoms with E-state index in [1.165, 1.54) is 12.7 Å². The smallest absolute Gasteiger partial charge is 0.310 e. The van der Waals surface area contributed by atoms with Crippen LogP contribution in [0.3, 0.4) is 0 Å². The Bertz CT molecular complexity index is 820. The molecular formula is C22H29NO6. The molecule has 158 valence electrons. The van der Waals surface area contributed by atoms with Crippen LogP contribution in [-0.4, -0.2) is 52.8 Å². The van der Waals surface area contributed by atoms with Gasteiger partial charge < -0.3 is 29.0 Å². The number of ether oxygens (including phenoxy) is 5. The number of carbonyl (C=O) groups excluding carboxylic acids is 1. The minimum absolute atomic E-state index is 0.178. The number of hydrogen-bond acceptors (Lipinski definition) is 7. The van der Waals surface area contributed by atoms with Crippen molar-refractivity contribution in [2.45, 2.75) is 42.9 Å². The van der Waals surface area contributed by atoms with Crippen LogP contribution in [0.2, 0.25) is 0 Å². The topological polar surface area (TPSA) is 75.3 Å². The zero-order chi connectivity index (χ0) is 20.2. The lowest BCUT2D eigenvalue weighted by Gasteiger charge is -2.54. The fourth-order valence-corrected chi connectivity index (χ4v) is 6.38. The fraction of sp³-hybridized carbons (Fsp3) is 0.682. The van der Waals surface area contributed by atoms with Gasteiger partial charge in [-0.1, -0.05) is 0 Å². The Morgan fingerprint density at radius 2 is 1.86 bits per heavy atom. The molecule has 3 heterocycles. The molecule has 29 heavy (non-hydrogen) atoms. The maximum Gasteiger partial charge on any atom is 0.310 e. The number of rotatable bonds is 3. The number of hydrogen-bond donors (Lipinski definition) is 1. The first-order valence-corrected chi connectivity index (χ1v) is 10.4. The predicted octanol–water partition coefficient (Wildman–Crippen LogP) is 2.32. The first kappa shape index (κ1) is 19.2. The van der Waals surface area contributed by atoms with E-state index in [1.54, 1.807) is 14.2 Å². The van der Waals surface area contributed by atoms with Gasteiger partial charge in [0.25, 0.3) is 0 Å². The highest BCUT2D eigenvalue weighted by molar-refractivity contribution is 5.76. The fourth-order valence-electron chi connectivity index (χ4n) is 6.38. The average Bonchev–Trinajstić information content (AvgIpc) is 3.07. The summed E-state index contributed by atoms with van der Waals surface area (Å²) < 4.78 is 28.8. The molecule has 2 aliphatic carbocycles. The van der Waals surface area contributed by atoms with Crippen LogP contribution in [0.1, 0.15) is 42.9 Å². The second-order valence-corrected chi connectivity index (χ2v) is 8.63. The van der Waals surface area contributed by atoms with Gasteiger partial charge in [-0.3, -0.25) is 4.79 Å². The number of benzene rings is 1. The lowest BCUT2D eigenvalue weighted by atomic mass is 9.51. The Kier molecular flexibility index (Phi) is 4.53. The van der Waals surface area contributed by atoms with Crippen molar-refractivity contribution in [3.05, 3.63) is 23.3 Å². The summed E-state index contributed by atoms with van der Waals surface area (Å²) in [7, 11) is 4.78. The van der Waals surface area contributed by atoms with Crippen molar-refractivity contribution in [2.75, 3.05) is 41.1 Å². The van der Waals surface area contributed by atoms with Crippen LogP contribution in [0.25, 0.3) is 0 Å². The van der Waals surface area contributed by atoms with E-state index in [9.17, 15) is 4.79 Å². The highest BCUT2D eigenvalue weighted by atomic mass is 16.7. The second kappa shape index (κ2) is 6.86. The molecule has 1 N–H and O–H groups in total. The summed E-state index contributed by atoms with van der Waals surface area (Å²) in [6, 6.07) is 4.32. The van der Waals surface area contributed by atoms with Gasteiger partial charge in [0.1, 0.15) is 0 Å². The van der Waals surface area contributed by atoms with Crippen LogP contribution in [0, 0.1) is 11.8 Å². The summed E-state index contributed by atoms with van der Waals surface area (Å²) in [6.45, 7) is 1.77. The second-order valence-electron chi connectivity index (χ2n) is 8.63. The average molecular weight is 403 g/mol. The van der Waals surface area contributed by atoms with Crippen molar-refractivity contribution in [2.24, 2.45) is 11.8 Å². The SMILES string of the molecule is COC(=O)C1CNC2CC3CCC4(CC31c1cc(OC)c(OC)cc12)OCCO4. The number of methoxy groups -OCH3 is 3. The lowest BCUT2D eigenvalue weighted by Crippen LogP contribution is -2.57.